The first kappa shape index (κ1) is 23.8. The van der Waals surface area contributed by atoms with Crippen LogP contribution in [0.5, 0.6) is 0 Å². The molecule has 0 bridgehead atoms. The molecule has 2 N–H and O–H groups in total. The normalized spacial score (nSPS) is 14.9. The molecule has 36 heavy (non-hydrogen) atoms. The zero-order valence-electron chi connectivity index (χ0n) is 20.4. The molecule has 3 aromatic carbocycles. The van der Waals surface area contributed by atoms with E-state index < -0.39 is 11.9 Å². The molecule has 1 aromatic heterocycles. The first-order chi connectivity index (χ1) is 17.5. The van der Waals surface area contributed by atoms with E-state index >= 15 is 4.39 Å². The lowest BCUT2D eigenvalue weighted by Crippen LogP contribution is -2.21. The number of ketones is 1. The summed E-state index contributed by atoms with van der Waals surface area (Å²) in [7, 11) is 2.05. The third-order valence-corrected chi connectivity index (χ3v) is 6.65. The van der Waals surface area contributed by atoms with E-state index in [1.54, 1.807) is 23.2 Å². The van der Waals surface area contributed by atoms with Crippen LogP contribution in [0, 0.1) is 5.82 Å². The van der Waals surface area contributed by atoms with Crippen molar-refractivity contribution in [2.45, 2.75) is 26.1 Å². The third-order valence-electron chi connectivity index (χ3n) is 6.65. The minimum atomic E-state index is -0.971. The molecule has 5 rings (SSSR count). The Kier molecular flexibility index (Phi) is 6.59. The van der Waals surface area contributed by atoms with Gasteiger partial charge >= 0.3 is 0 Å². The number of hydrogen-bond donors (Lipinski definition) is 1. The topological polar surface area (TPSA) is 76.5 Å². The number of Topliss-reactive ketones (excluding diaryl/α,β-unsaturated/α-hetero) is 1. The molecular formula is C29H28FN5O. The summed E-state index contributed by atoms with van der Waals surface area (Å²) in [5, 5.41) is 0. The number of carbonyl (C=O) groups is 1. The van der Waals surface area contributed by atoms with Gasteiger partial charge in [0.25, 0.3) is 0 Å². The quantitative estimate of drug-likeness (QED) is 0.405. The zero-order valence-corrected chi connectivity index (χ0v) is 20.4. The van der Waals surface area contributed by atoms with Crippen LogP contribution in [0.4, 0.5) is 4.39 Å². The van der Waals surface area contributed by atoms with Gasteiger partial charge in [-0.15, -0.1) is 0 Å². The monoisotopic (exact) mass is 481 g/mol. The van der Waals surface area contributed by atoms with Gasteiger partial charge in [-0.3, -0.25) is 14.4 Å². The Bertz CT molecular complexity index is 1460. The summed E-state index contributed by atoms with van der Waals surface area (Å²) in [5.41, 5.74) is 11.5. The molecule has 0 fully saturated rings. The predicted molar refractivity (Wildman–Crippen MR) is 140 cm³/mol. The number of nitrogens with zero attached hydrogens (tertiary/aromatic N) is 4. The van der Waals surface area contributed by atoms with Gasteiger partial charge in [-0.05, 0) is 54.0 Å². The van der Waals surface area contributed by atoms with E-state index in [-0.39, 0.29) is 11.3 Å². The molecule has 0 aliphatic carbocycles. The summed E-state index contributed by atoms with van der Waals surface area (Å²) in [5.74, 6) is -0.749. The first-order valence-electron chi connectivity index (χ1n) is 12.0. The predicted octanol–water partition coefficient (Wildman–Crippen LogP) is 4.95. The Morgan fingerprint density at radius 1 is 1.08 bits per heavy atom. The van der Waals surface area contributed by atoms with Gasteiger partial charge in [-0.25, -0.2) is 9.37 Å². The third kappa shape index (κ3) is 4.39. The second kappa shape index (κ2) is 9.97. The Labute approximate surface area is 209 Å². The molecule has 0 radical (unpaired) electrons. The number of carbonyl (C=O) groups excluding carboxylic acids is 1. The van der Waals surface area contributed by atoms with Crippen molar-refractivity contribution in [3.05, 3.63) is 107 Å². The van der Waals surface area contributed by atoms with Crippen LogP contribution in [0.1, 0.15) is 45.8 Å². The maximum absolute atomic E-state index is 15.5. The minimum Gasteiger partial charge on any atom is -0.326 e. The van der Waals surface area contributed by atoms with E-state index in [4.69, 9.17) is 5.73 Å². The summed E-state index contributed by atoms with van der Waals surface area (Å²) in [6.07, 6.45) is 3.14. The van der Waals surface area contributed by atoms with E-state index in [0.29, 0.717) is 17.9 Å². The van der Waals surface area contributed by atoms with Crippen molar-refractivity contribution in [3.63, 3.8) is 0 Å². The van der Waals surface area contributed by atoms with Crippen molar-refractivity contribution < 1.29 is 9.18 Å². The minimum absolute atomic E-state index is 0.247. The fourth-order valence-corrected chi connectivity index (χ4v) is 4.55. The number of benzene rings is 3. The maximum atomic E-state index is 15.5. The van der Waals surface area contributed by atoms with Crippen molar-refractivity contribution in [1.82, 2.24) is 14.5 Å². The lowest BCUT2D eigenvalue weighted by atomic mass is 9.93. The highest BCUT2D eigenvalue weighted by atomic mass is 19.1. The molecule has 182 valence electrons. The largest absolute Gasteiger partial charge is 0.326 e. The van der Waals surface area contributed by atoms with Crippen LogP contribution in [-0.2, 0) is 13.1 Å². The Morgan fingerprint density at radius 3 is 2.69 bits per heavy atom. The van der Waals surface area contributed by atoms with E-state index in [1.807, 2.05) is 48.5 Å². The molecule has 1 aliphatic heterocycles. The SMILES string of the molecule is CCN(C)Cc1ccccc1-c1ccc(C2N=Cc3ncn(-c4cccc(CN)c4)c3C2=O)c(F)c1. The zero-order chi connectivity index (χ0) is 25.2. The summed E-state index contributed by atoms with van der Waals surface area (Å²) in [4.78, 5) is 24.5. The summed E-state index contributed by atoms with van der Waals surface area (Å²) in [6, 6.07) is 19.7. The van der Waals surface area contributed by atoms with Crippen molar-refractivity contribution in [2.75, 3.05) is 13.6 Å². The Balaban J connectivity index is 1.48. The van der Waals surface area contributed by atoms with Gasteiger partial charge < -0.3 is 10.6 Å². The number of imidazole rings is 1. The molecule has 7 heteroatoms. The van der Waals surface area contributed by atoms with Gasteiger partial charge in [0.1, 0.15) is 29.6 Å². The van der Waals surface area contributed by atoms with Gasteiger partial charge in [0, 0.05) is 24.3 Å². The van der Waals surface area contributed by atoms with Crippen molar-refractivity contribution in [2.24, 2.45) is 10.7 Å². The fraction of sp³-hybridized carbons (Fsp3) is 0.207. The van der Waals surface area contributed by atoms with E-state index in [2.05, 4.69) is 34.9 Å². The van der Waals surface area contributed by atoms with Gasteiger partial charge in [-0.2, -0.15) is 0 Å². The lowest BCUT2D eigenvalue weighted by molar-refractivity contribution is 0.0952. The number of aromatic nitrogens is 2. The van der Waals surface area contributed by atoms with Crippen LogP contribution in [0.2, 0.25) is 0 Å². The highest BCUT2D eigenvalue weighted by Crippen LogP contribution is 2.33. The summed E-state index contributed by atoms with van der Waals surface area (Å²) < 4.78 is 17.2. The number of hydrogen-bond acceptors (Lipinski definition) is 5. The Morgan fingerprint density at radius 2 is 1.92 bits per heavy atom. The molecule has 0 spiro atoms. The fourth-order valence-electron chi connectivity index (χ4n) is 4.55. The number of rotatable bonds is 7. The van der Waals surface area contributed by atoms with Gasteiger partial charge in [0.2, 0.25) is 5.78 Å². The standard InChI is InChI=1S/C29H28FN5O/c1-3-34(2)17-21-8-4-5-10-23(21)20-11-12-24(25(30)14-20)27-29(36)28-26(16-32-27)33-18-35(28)22-9-6-7-19(13-22)15-31/h4-14,16,18,27H,3,15,17,31H2,1-2H3. The van der Waals surface area contributed by atoms with Crippen LogP contribution in [0.3, 0.4) is 0 Å². The molecule has 6 nitrogen and oxygen atoms in total. The van der Waals surface area contributed by atoms with Crippen LogP contribution in [0.15, 0.2) is 78.0 Å². The molecule has 0 saturated heterocycles. The molecule has 0 saturated carbocycles. The number of nitrogens with two attached hydrogens (primary N) is 1. The maximum Gasteiger partial charge on any atom is 0.210 e. The number of aliphatic imine (C=N–C) groups is 1. The van der Waals surface area contributed by atoms with Crippen molar-refractivity contribution in [3.8, 4) is 16.8 Å². The van der Waals surface area contributed by atoms with E-state index in [1.165, 1.54) is 6.07 Å². The first-order valence-corrected chi connectivity index (χ1v) is 12.0. The molecular weight excluding hydrogens is 453 g/mol. The second-order valence-electron chi connectivity index (χ2n) is 8.99. The van der Waals surface area contributed by atoms with Crippen molar-refractivity contribution >= 4 is 12.0 Å². The molecule has 1 unspecified atom stereocenters. The molecule has 1 aliphatic rings. The van der Waals surface area contributed by atoms with Crippen molar-refractivity contribution in [1.29, 1.82) is 0 Å². The average Bonchev–Trinajstić information content (AvgIpc) is 3.35. The average molecular weight is 482 g/mol. The molecule has 4 aromatic rings. The van der Waals surface area contributed by atoms with Crippen LogP contribution in [-0.4, -0.2) is 40.0 Å². The Hall–Kier alpha value is -3.94. The lowest BCUT2D eigenvalue weighted by Gasteiger charge is -2.20. The van der Waals surface area contributed by atoms with Crippen LogP contribution in [0.25, 0.3) is 16.8 Å². The smallest absolute Gasteiger partial charge is 0.210 e. The number of halogens is 1. The second-order valence-corrected chi connectivity index (χ2v) is 8.99. The molecule has 0 amide bonds. The summed E-state index contributed by atoms with van der Waals surface area (Å²) >= 11 is 0. The highest BCUT2D eigenvalue weighted by molar-refractivity contribution is 6.08. The van der Waals surface area contributed by atoms with Gasteiger partial charge in [0.15, 0.2) is 0 Å². The van der Waals surface area contributed by atoms with Crippen LogP contribution >= 0.6 is 0 Å². The van der Waals surface area contributed by atoms with Gasteiger partial charge in [-0.1, -0.05) is 55.5 Å². The molecule has 1 atom stereocenters. The van der Waals surface area contributed by atoms with E-state index in [0.717, 1.165) is 41.0 Å². The summed E-state index contributed by atoms with van der Waals surface area (Å²) in [6.45, 7) is 4.17. The number of fused-ring (bicyclic) bond motifs is 1. The highest BCUT2D eigenvalue weighted by Gasteiger charge is 2.32. The molecule has 2 heterocycles. The van der Waals surface area contributed by atoms with Crippen LogP contribution < -0.4 is 5.73 Å². The van der Waals surface area contributed by atoms with Gasteiger partial charge in [0.05, 0.1) is 6.21 Å². The van der Waals surface area contributed by atoms with E-state index in [9.17, 15) is 4.79 Å².